The van der Waals surface area contributed by atoms with Gasteiger partial charge in [0.15, 0.2) is 23.1 Å². The lowest BCUT2D eigenvalue weighted by Crippen LogP contribution is -2.78. The van der Waals surface area contributed by atoms with Crippen molar-refractivity contribution in [1.82, 2.24) is 4.90 Å². The minimum absolute atomic E-state index is 0.00671. The van der Waals surface area contributed by atoms with Gasteiger partial charge in [0.2, 0.25) is 0 Å². The highest BCUT2D eigenvalue weighted by atomic mass is 32.2. The number of carbonyl (C=O) groups is 2. The maximum Gasteiger partial charge on any atom is 0.176 e. The molecule has 0 unspecified atom stereocenters. The summed E-state index contributed by atoms with van der Waals surface area (Å²) in [6.07, 6.45) is 7.63. The highest BCUT2D eigenvalue weighted by Crippen LogP contribution is 2.74. The number of hydrogen-bond donors (Lipinski definition) is 2. The van der Waals surface area contributed by atoms with Crippen molar-refractivity contribution in [2.75, 3.05) is 40.2 Å². The smallest absolute Gasteiger partial charge is 0.176 e. The topological polar surface area (TPSA) is 96.3 Å². The van der Waals surface area contributed by atoms with E-state index >= 15 is 0 Å². The Morgan fingerprint density at radius 1 is 1.20 bits per heavy atom. The number of likely N-dealkylation sites (tertiary alicyclic amines) is 1. The number of phenols is 1. The summed E-state index contributed by atoms with van der Waals surface area (Å²) < 4.78 is 11.7. The van der Waals surface area contributed by atoms with Gasteiger partial charge in [-0.15, -0.1) is 11.8 Å². The number of likely N-dealkylation sites (N-methyl/N-ethyl adjacent to an activating group) is 1. The van der Waals surface area contributed by atoms with Crippen LogP contribution in [0.1, 0.15) is 24.0 Å². The predicted octanol–water partition coefficient (Wildman–Crippen LogP) is 2.24. The molecule has 1 heterocycles. The number of phenolic OH excluding ortho intramolecular Hbond substituents is 1. The van der Waals surface area contributed by atoms with E-state index in [0.717, 1.165) is 24.1 Å². The monoisotopic (exact) mass is 497 g/mol. The number of ketones is 2. The summed E-state index contributed by atoms with van der Waals surface area (Å²) in [6.45, 7) is 0.758. The average molecular weight is 498 g/mol. The van der Waals surface area contributed by atoms with E-state index in [2.05, 4.69) is 18.0 Å². The molecule has 0 aromatic heterocycles. The third-order valence-electron chi connectivity index (χ3n) is 9.57. The number of hydrogen-bond acceptors (Lipinski definition) is 8. The predicted molar refractivity (Wildman–Crippen MR) is 132 cm³/mol. The second kappa shape index (κ2) is 7.68. The second-order valence-electron chi connectivity index (χ2n) is 10.6. The fraction of sp³-hybridized carbons (Fsp3) is 0.556. The first-order chi connectivity index (χ1) is 16.8. The molecule has 4 bridgehead atoms. The first-order valence-electron chi connectivity index (χ1n) is 12.2. The van der Waals surface area contributed by atoms with Gasteiger partial charge in [0.05, 0.1) is 30.1 Å². The Kier molecular flexibility index (Phi) is 5.11. The fourth-order valence-corrected chi connectivity index (χ4v) is 9.10. The van der Waals surface area contributed by atoms with Crippen LogP contribution in [0, 0.1) is 17.3 Å². The van der Waals surface area contributed by atoms with Gasteiger partial charge in [-0.1, -0.05) is 18.2 Å². The summed E-state index contributed by atoms with van der Waals surface area (Å²) in [5.74, 6) is -0.426. The SMILES string of the molecule is COc1ccc2c(c1O)[C@]13CCN(C)[C@H](C2)[C@@]12C=C[C@@](OC)(C3)[C@@H]1C(=O)C(SCCO)=CC(=O)[C@@H]12. The molecule has 35 heavy (non-hydrogen) atoms. The molecule has 0 amide bonds. The van der Waals surface area contributed by atoms with Crippen molar-refractivity contribution in [3.63, 3.8) is 0 Å². The van der Waals surface area contributed by atoms with Gasteiger partial charge in [0, 0.05) is 41.2 Å². The standard InChI is InChI=1S/C27H31NO6S/c1-28-9-8-25-14-26(34-3)6-7-27(25,19(28)12-15-4-5-17(33-2)23(31)20(15)25)21-16(30)13-18(35-11-10-29)24(32)22(21)26/h4-7,13,19,21-22,29,31H,8-12,14H2,1-3H3/t19-,21+,22+,25-,26-,27-/m1/s1. The first-order valence-corrected chi connectivity index (χ1v) is 13.2. The Labute approximate surface area is 209 Å². The number of allylic oxidation sites excluding steroid dienone is 2. The molecule has 7 nitrogen and oxygen atoms in total. The van der Waals surface area contributed by atoms with E-state index in [4.69, 9.17) is 9.47 Å². The van der Waals surface area contributed by atoms with E-state index in [-0.39, 0.29) is 30.0 Å². The first kappa shape index (κ1) is 23.3. The van der Waals surface area contributed by atoms with Gasteiger partial charge >= 0.3 is 0 Å². The quantitative estimate of drug-likeness (QED) is 0.598. The Balaban J connectivity index is 1.64. The number of fused-ring (bicyclic) bond motifs is 1. The molecule has 0 radical (unpaired) electrons. The number of thioether (sulfide) groups is 1. The maximum absolute atomic E-state index is 14.0. The van der Waals surface area contributed by atoms with Gasteiger partial charge in [0.1, 0.15) is 0 Å². The molecule has 1 spiro atoms. The van der Waals surface area contributed by atoms with Crippen LogP contribution in [-0.2, 0) is 26.2 Å². The molecular formula is C27H31NO6S. The number of nitrogens with zero attached hydrogens (tertiary/aromatic N) is 1. The van der Waals surface area contributed by atoms with Crippen LogP contribution in [0.25, 0.3) is 0 Å². The van der Waals surface area contributed by atoms with Gasteiger partial charge in [-0.05, 0) is 50.6 Å². The van der Waals surface area contributed by atoms with Crippen molar-refractivity contribution < 1.29 is 29.3 Å². The zero-order valence-electron chi connectivity index (χ0n) is 20.2. The number of aliphatic hydroxyl groups is 1. The Morgan fingerprint density at radius 3 is 2.71 bits per heavy atom. The van der Waals surface area contributed by atoms with Crippen molar-refractivity contribution in [1.29, 1.82) is 0 Å². The molecule has 8 heteroatoms. The Morgan fingerprint density at radius 2 is 2.00 bits per heavy atom. The largest absolute Gasteiger partial charge is 0.504 e. The minimum Gasteiger partial charge on any atom is -0.504 e. The van der Waals surface area contributed by atoms with Crippen LogP contribution < -0.4 is 4.74 Å². The van der Waals surface area contributed by atoms with Gasteiger partial charge in [-0.3, -0.25) is 9.59 Å². The van der Waals surface area contributed by atoms with E-state index in [1.54, 1.807) is 14.2 Å². The van der Waals surface area contributed by atoms with Gasteiger partial charge < -0.3 is 24.6 Å². The van der Waals surface area contributed by atoms with Crippen LogP contribution in [-0.4, -0.2) is 78.5 Å². The summed E-state index contributed by atoms with van der Waals surface area (Å²) in [5, 5.41) is 20.8. The average Bonchev–Trinajstić information content (AvgIpc) is 2.86. The van der Waals surface area contributed by atoms with Crippen molar-refractivity contribution in [3.8, 4) is 11.5 Å². The summed E-state index contributed by atoms with van der Waals surface area (Å²) in [6, 6.07) is 3.86. The summed E-state index contributed by atoms with van der Waals surface area (Å²) >= 11 is 1.24. The van der Waals surface area contributed by atoms with Crippen molar-refractivity contribution in [3.05, 3.63) is 46.4 Å². The molecule has 1 aromatic carbocycles. The molecule has 1 aliphatic heterocycles. The third-order valence-corrected chi connectivity index (χ3v) is 10.6. The number of benzene rings is 1. The van der Waals surface area contributed by atoms with Crippen LogP contribution in [0.2, 0.25) is 0 Å². The zero-order valence-corrected chi connectivity index (χ0v) is 21.1. The summed E-state index contributed by atoms with van der Waals surface area (Å²) in [7, 11) is 5.27. The van der Waals surface area contributed by atoms with Gasteiger partial charge in [-0.25, -0.2) is 0 Å². The second-order valence-corrected chi connectivity index (χ2v) is 11.7. The third kappa shape index (κ3) is 2.64. The number of Topliss-reactive ketones (excluding diaryl/α,β-unsaturated/α-hetero) is 1. The molecule has 1 aromatic rings. The maximum atomic E-state index is 14.0. The van der Waals surface area contributed by atoms with E-state index in [1.165, 1.54) is 17.8 Å². The molecule has 6 aliphatic rings. The summed E-state index contributed by atoms with van der Waals surface area (Å²) in [5.41, 5.74) is -0.253. The highest BCUT2D eigenvalue weighted by Gasteiger charge is 2.77. The number of ether oxygens (including phenoxy) is 2. The minimum atomic E-state index is -0.955. The molecule has 2 N–H and O–H groups in total. The number of piperidine rings is 1. The van der Waals surface area contributed by atoms with Crippen LogP contribution in [0.4, 0.5) is 0 Å². The molecular weight excluding hydrogens is 466 g/mol. The van der Waals surface area contributed by atoms with E-state index < -0.39 is 28.3 Å². The molecule has 6 atom stereocenters. The Hall–Kier alpha value is -2.13. The van der Waals surface area contributed by atoms with Crippen molar-refractivity contribution in [2.45, 2.75) is 36.3 Å². The highest BCUT2D eigenvalue weighted by molar-refractivity contribution is 8.04. The van der Waals surface area contributed by atoms with Crippen LogP contribution in [0.15, 0.2) is 35.3 Å². The number of rotatable bonds is 5. The van der Waals surface area contributed by atoms with Gasteiger partial charge in [-0.2, -0.15) is 0 Å². The van der Waals surface area contributed by atoms with Gasteiger partial charge in [0.25, 0.3) is 0 Å². The molecule has 7 rings (SSSR count). The number of carbonyl (C=O) groups excluding carboxylic acids is 2. The lowest BCUT2D eigenvalue weighted by molar-refractivity contribution is -0.201. The number of aromatic hydroxyl groups is 1. The molecule has 1 saturated heterocycles. The molecule has 1 saturated carbocycles. The van der Waals surface area contributed by atoms with Crippen LogP contribution >= 0.6 is 11.8 Å². The van der Waals surface area contributed by atoms with Crippen molar-refractivity contribution >= 4 is 23.3 Å². The van der Waals surface area contributed by atoms with Crippen LogP contribution in [0.3, 0.4) is 0 Å². The zero-order chi connectivity index (χ0) is 24.8. The molecule has 5 aliphatic carbocycles. The van der Waals surface area contributed by atoms with Crippen LogP contribution in [0.5, 0.6) is 11.5 Å². The van der Waals surface area contributed by atoms with E-state index in [0.29, 0.717) is 29.2 Å². The number of methoxy groups -OCH3 is 2. The molecule has 2 fully saturated rings. The van der Waals surface area contributed by atoms with Crippen molar-refractivity contribution in [2.24, 2.45) is 17.3 Å². The normalized spacial score (nSPS) is 39.1. The Bertz CT molecular complexity index is 1190. The molecule has 186 valence electrons. The number of aliphatic hydroxyl groups excluding tert-OH is 1. The summed E-state index contributed by atoms with van der Waals surface area (Å²) in [4.78, 5) is 30.7. The lowest BCUT2D eigenvalue weighted by atomic mass is 9.33. The van der Waals surface area contributed by atoms with E-state index in [1.807, 2.05) is 18.2 Å². The van der Waals surface area contributed by atoms with E-state index in [9.17, 15) is 19.8 Å². The fourth-order valence-electron chi connectivity index (χ4n) is 8.32. The lowest BCUT2D eigenvalue weighted by Gasteiger charge is -2.73.